The van der Waals surface area contributed by atoms with E-state index in [0.717, 1.165) is 11.3 Å². The number of carbonyl (C=O) groups excluding carboxylic acids is 2. The van der Waals surface area contributed by atoms with Crippen LogP contribution in [0.4, 0.5) is 4.79 Å². The van der Waals surface area contributed by atoms with Gasteiger partial charge in [-0.05, 0) is 49.2 Å². The van der Waals surface area contributed by atoms with Gasteiger partial charge in [-0.1, -0.05) is 23.8 Å². The summed E-state index contributed by atoms with van der Waals surface area (Å²) in [6.07, 6.45) is 2.29. The summed E-state index contributed by atoms with van der Waals surface area (Å²) in [5, 5.41) is 4.61. The van der Waals surface area contributed by atoms with E-state index in [1.807, 2.05) is 19.1 Å². The van der Waals surface area contributed by atoms with Crippen molar-refractivity contribution >= 4 is 18.0 Å². The summed E-state index contributed by atoms with van der Waals surface area (Å²) in [7, 11) is 1.55. The second-order valence-corrected chi connectivity index (χ2v) is 6.70. The Kier molecular flexibility index (Phi) is 6.39. The maximum atomic E-state index is 11.6. The molecule has 2 aromatic carbocycles. The third-order valence-electron chi connectivity index (χ3n) is 4.35. The Morgan fingerprint density at radius 1 is 0.897 bits per heavy atom. The number of hydrogen-bond donors (Lipinski definition) is 2. The number of hydrogen-bond acceptors (Lipinski definition) is 5. The topological polar surface area (TPSA) is 85.9 Å². The molecule has 2 N–H and O–H groups in total. The highest BCUT2D eigenvalue weighted by atomic mass is 16.5. The molecule has 0 bridgehead atoms. The van der Waals surface area contributed by atoms with Crippen molar-refractivity contribution < 1.29 is 23.8 Å². The van der Waals surface area contributed by atoms with E-state index in [0.29, 0.717) is 36.7 Å². The number of carbonyl (C=O) groups is 2. The lowest BCUT2D eigenvalue weighted by Gasteiger charge is -2.13. The number of aryl methyl sites for hydroxylation is 2. The Hall–Kier alpha value is -3.48. The second-order valence-electron chi connectivity index (χ2n) is 6.70. The fourth-order valence-electron chi connectivity index (χ4n) is 2.93. The molecule has 0 saturated carbocycles. The van der Waals surface area contributed by atoms with Gasteiger partial charge in [0.25, 0.3) is 5.91 Å². The highest BCUT2D eigenvalue weighted by Gasteiger charge is 2.22. The fraction of sp³-hybridized carbons (Fsp3) is 0.273. The smallest absolute Gasteiger partial charge is 0.326 e. The number of ether oxygens (including phenoxy) is 3. The standard InChI is InChI=1S/C22H24N2O5/c1-14-5-7-18(15(2)11-14)28-9-4-10-29-19-8-6-16(13-20(19)27-3)12-17-21(25)24-22(26)23-17/h5-8,11-13H,4,9-10H2,1-3H3,(H2,23,24,25,26)/b17-12-. The van der Waals surface area contributed by atoms with Crippen LogP contribution in [0, 0.1) is 13.8 Å². The lowest BCUT2D eigenvalue weighted by atomic mass is 10.1. The molecule has 29 heavy (non-hydrogen) atoms. The third kappa shape index (κ3) is 5.28. The number of nitrogens with one attached hydrogen (secondary N) is 2. The average molecular weight is 396 g/mol. The van der Waals surface area contributed by atoms with Crippen molar-refractivity contribution in [2.75, 3.05) is 20.3 Å². The van der Waals surface area contributed by atoms with Gasteiger partial charge in [-0.25, -0.2) is 4.79 Å². The molecular weight excluding hydrogens is 372 g/mol. The average Bonchev–Trinajstić information content (AvgIpc) is 3.00. The Bertz CT molecular complexity index is 952. The lowest BCUT2D eigenvalue weighted by molar-refractivity contribution is -0.115. The van der Waals surface area contributed by atoms with Gasteiger partial charge in [0.2, 0.25) is 0 Å². The quantitative estimate of drug-likeness (QED) is 0.406. The largest absolute Gasteiger partial charge is 0.493 e. The molecule has 0 radical (unpaired) electrons. The number of benzene rings is 2. The summed E-state index contributed by atoms with van der Waals surface area (Å²) in [6.45, 7) is 5.10. The zero-order valence-corrected chi connectivity index (χ0v) is 16.7. The summed E-state index contributed by atoms with van der Waals surface area (Å²) in [4.78, 5) is 22.8. The van der Waals surface area contributed by atoms with Crippen molar-refractivity contribution in [1.29, 1.82) is 0 Å². The molecule has 0 spiro atoms. The SMILES string of the molecule is COc1cc(/C=C2\NC(=O)NC2=O)ccc1OCCCOc1ccc(C)cc1C. The molecule has 3 amide bonds. The second kappa shape index (κ2) is 9.14. The molecule has 1 aliphatic rings. The van der Waals surface area contributed by atoms with Gasteiger partial charge in [0.05, 0.1) is 20.3 Å². The first-order valence-corrected chi connectivity index (χ1v) is 9.31. The number of methoxy groups -OCH3 is 1. The van der Waals surface area contributed by atoms with E-state index in [2.05, 4.69) is 23.6 Å². The van der Waals surface area contributed by atoms with Crippen LogP contribution in [0.2, 0.25) is 0 Å². The fourth-order valence-corrected chi connectivity index (χ4v) is 2.93. The van der Waals surface area contributed by atoms with Crippen molar-refractivity contribution in [3.8, 4) is 17.2 Å². The van der Waals surface area contributed by atoms with Gasteiger partial charge in [-0.3, -0.25) is 10.1 Å². The van der Waals surface area contributed by atoms with Gasteiger partial charge in [0, 0.05) is 6.42 Å². The summed E-state index contributed by atoms with van der Waals surface area (Å²) >= 11 is 0. The molecule has 0 aliphatic carbocycles. The molecule has 1 fully saturated rings. The molecule has 1 saturated heterocycles. The van der Waals surface area contributed by atoms with Crippen LogP contribution in [0.5, 0.6) is 17.2 Å². The summed E-state index contributed by atoms with van der Waals surface area (Å²) in [5.41, 5.74) is 3.22. The number of urea groups is 1. The zero-order valence-electron chi connectivity index (χ0n) is 16.7. The summed E-state index contributed by atoms with van der Waals surface area (Å²) in [6, 6.07) is 10.9. The van der Waals surface area contributed by atoms with Crippen LogP contribution in [-0.4, -0.2) is 32.3 Å². The van der Waals surface area contributed by atoms with Crippen molar-refractivity contribution in [3.63, 3.8) is 0 Å². The molecule has 0 atom stereocenters. The lowest BCUT2D eigenvalue weighted by Crippen LogP contribution is -2.22. The van der Waals surface area contributed by atoms with Crippen LogP contribution >= 0.6 is 0 Å². The highest BCUT2D eigenvalue weighted by molar-refractivity contribution is 6.14. The Labute approximate surface area is 169 Å². The Morgan fingerprint density at radius 3 is 2.28 bits per heavy atom. The molecule has 7 nitrogen and oxygen atoms in total. The molecule has 1 aliphatic heterocycles. The maximum absolute atomic E-state index is 11.6. The van der Waals surface area contributed by atoms with E-state index in [4.69, 9.17) is 14.2 Å². The van der Waals surface area contributed by atoms with Crippen LogP contribution < -0.4 is 24.8 Å². The normalized spacial score (nSPS) is 14.5. The molecule has 1 heterocycles. The third-order valence-corrected chi connectivity index (χ3v) is 4.35. The Morgan fingerprint density at radius 2 is 1.62 bits per heavy atom. The van der Waals surface area contributed by atoms with Gasteiger partial charge in [-0.2, -0.15) is 0 Å². The maximum Gasteiger partial charge on any atom is 0.326 e. The van der Waals surface area contributed by atoms with Crippen LogP contribution in [0.15, 0.2) is 42.1 Å². The first-order valence-electron chi connectivity index (χ1n) is 9.31. The van der Waals surface area contributed by atoms with Crippen molar-refractivity contribution in [3.05, 3.63) is 58.8 Å². The molecular formula is C22H24N2O5. The minimum atomic E-state index is -0.531. The van der Waals surface area contributed by atoms with Crippen molar-refractivity contribution in [1.82, 2.24) is 10.6 Å². The summed E-state index contributed by atoms with van der Waals surface area (Å²) in [5.74, 6) is 1.56. The van der Waals surface area contributed by atoms with E-state index < -0.39 is 11.9 Å². The van der Waals surface area contributed by atoms with E-state index in [1.165, 1.54) is 5.56 Å². The highest BCUT2D eigenvalue weighted by Crippen LogP contribution is 2.29. The molecule has 3 rings (SSSR count). The van der Waals surface area contributed by atoms with Crippen molar-refractivity contribution in [2.45, 2.75) is 20.3 Å². The van der Waals surface area contributed by atoms with Gasteiger partial charge in [0.1, 0.15) is 11.4 Å². The molecule has 7 heteroatoms. The van der Waals surface area contributed by atoms with Gasteiger partial charge < -0.3 is 19.5 Å². The van der Waals surface area contributed by atoms with Gasteiger partial charge in [-0.15, -0.1) is 0 Å². The molecule has 0 aromatic heterocycles. The first kappa shape index (κ1) is 20.3. The first-order chi connectivity index (χ1) is 14.0. The van der Waals surface area contributed by atoms with E-state index in [9.17, 15) is 9.59 Å². The van der Waals surface area contributed by atoms with E-state index in [-0.39, 0.29) is 5.70 Å². The predicted octanol–water partition coefficient (Wildman–Crippen LogP) is 3.34. The molecule has 152 valence electrons. The molecule has 0 unspecified atom stereocenters. The minimum Gasteiger partial charge on any atom is -0.493 e. The Balaban J connectivity index is 1.53. The predicted molar refractivity (Wildman–Crippen MR) is 109 cm³/mol. The van der Waals surface area contributed by atoms with Crippen LogP contribution in [0.25, 0.3) is 6.08 Å². The van der Waals surface area contributed by atoms with Crippen LogP contribution in [0.3, 0.4) is 0 Å². The zero-order chi connectivity index (χ0) is 20.8. The van der Waals surface area contributed by atoms with E-state index in [1.54, 1.807) is 31.4 Å². The minimum absolute atomic E-state index is 0.189. The number of rotatable bonds is 8. The number of amides is 3. The molecule has 2 aromatic rings. The summed E-state index contributed by atoms with van der Waals surface area (Å²) < 4.78 is 17.0. The van der Waals surface area contributed by atoms with Crippen molar-refractivity contribution in [2.24, 2.45) is 0 Å². The number of imide groups is 1. The monoisotopic (exact) mass is 396 g/mol. The van der Waals surface area contributed by atoms with Gasteiger partial charge in [0.15, 0.2) is 11.5 Å². The van der Waals surface area contributed by atoms with Crippen LogP contribution in [-0.2, 0) is 4.79 Å². The van der Waals surface area contributed by atoms with Gasteiger partial charge >= 0.3 is 6.03 Å². The van der Waals surface area contributed by atoms with E-state index >= 15 is 0 Å². The van der Waals surface area contributed by atoms with Crippen LogP contribution in [0.1, 0.15) is 23.1 Å².